The summed E-state index contributed by atoms with van der Waals surface area (Å²) in [6, 6.07) is 5.74. The van der Waals surface area contributed by atoms with Crippen LogP contribution in [-0.4, -0.2) is 30.8 Å². The number of hydrogen-bond acceptors (Lipinski definition) is 5. The number of H-pyrrole nitrogens is 1. The van der Waals surface area contributed by atoms with E-state index in [-0.39, 0.29) is 12.3 Å². The Hall–Kier alpha value is -3.42. The first-order valence-electron chi connectivity index (χ1n) is 8.24. The fourth-order valence-corrected chi connectivity index (χ4v) is 2.89. The van der Waals surface area contributed by atoms with E-state index < -0.39 is 0 Å². The second-order valence-corrected chi connectivity index (χ2v) is 6.21. The minimum absolute atomic E-state index is 0.0965. The van der Waals surface area contributed by atoms with Gasteiger partial charge in [-0.3, -0.25) is 9.48 Å². The molecule has 2 N–H and O–H groups in total. The van der Waals surface area contributed by atoms with Gasteiger partial charge in [0.1, 0.15) is 5.76 Å². The van der Waals surface area contributed by atoms with Crippen LogP contribution in [-0.2, 0) is 17.8 Å². The topological polar surface area (TPSA) is 102 Å². The van der Waals surface area contributed by atoms with Crippen LogP contribution < -0.4 is 5.32 Å². The van der Waals surface area contributed by atoms with E-state index in [1.165, 1.54) is 0 Å². The Labute approximate surface area is 149 Å². The average molecular weight is 350 g/mol. The van der Waals surface area contributed by atoms with Crippen molar-refractivity contribution in [2.75, 3.05) is 5.32 Å². The van der Waals surface area contributed by atoms with Gasteiger partial charge in [-0.25, -0.2) is 4.98 Å². The van der Waals surface area contributed by atoms with Crippen LogP contribution in [0.15, 0.2) is 41.4 Å². The Morgan fingerprint density at radius 3 is 3.04 bits per heavy atom. The largest absolute Gasteiger partial charge is 0.361 e. The number of hydrogen-bond donors (Lipinski definition) is 2. The van der Waals surface area contributed by atoms with Crippen molar-refractivity contribution < 1.29 is 9.32 Å². The van der Waals surface area contributed by atoms with Gasteiger partial charge < -0.3 is 14.8 Å². The van der Waals surface area contributed by atoms with Gasteiger partial charge in [0.05, 0.1) is 47.9 Å². The minimum atomic E-state index is -0.0965. The SMILES string of the molecule is Cc1noc(C)c1Cn1cc(NC(=O)Cc2ccc3nc[nH]c3c2)cn1. The molecule has 0 radical (unpaired) electrons. The molecule has 0 spiro atoms. The lowest BCUT2D eigenvalue weighted by molar-refractivity contribution is -0.115. The van der Waals surface area contributed by atoms with Crippen molar-refractivity contribution >= 4 is 22.6 Å². The highest BCUT2D eigenvalue weighted by Crippen LogP contribution is 2.16. The number of anilines is 1. The summed E-state index contributed by atoms with van der Waals surface area (Å²) in [4.78, 5) is 19.5. The molecular weight excluding hydrogens is 332 g/mol. The van der Waals surface area contributed by atoms with E-state index in [0.717, 1.165) is 33.6 Å². The zero-order valence-electron chi connectivity index (χ0n) is 14.5. The molecule has 0 saturated heterocycles. The van der Waals surface area contributed by atoms with Crippen molar-refractivity contribution in [3.05, 3.63) is 59.5 Å². The number of amides is 1. The molecule has 0 saturated carbocycles. The maximum absolute atomic E-state index is 12.3. The third kappa shape index (κ3) is 3.21. The third-order valence-corrected chi connectivity index (χ3v) is 4.27. The maximum atomic E-state index is 12.3. The Balaban J connectivity index is 1.41. The molecule has 8 nitrogen and oxygen atoms in total. The molecule has 1 aromatic carbocycles. The van der Waals surface area contributed by atoms with Gasteiger partial charge in [0.15, 0.2) is 0 Å². The molecule has 4 aromatic rings. The number of nitrogens with zero attached hydrogens (tertiary/aromatic N) is 4. The van der Waals surface area contributed by atoms with Gasteiger partial charge in [-0.2, -0.15) is 5.10 Å². The van der Waals surface area contributed by atoms with Gasteiger partial charge in [-0.1, -0.05) is 11.2 Å². The van der Waals surface area contributed by atoms with Crippen LogP contribution >= 0.6 is 0 Å². The summed E-state index contributed by atoms with van der Waals surface area (Å²) >= 11 is 0. The fourth-order valence-electron chi connectivity index (χ4n) is 2.89. The number of carbonyl (C=O) groups excluding carboxylic acids is 1. The highest BCUT2D eigenvalue weighted by molar-refractivity contribution is 5.92. The van der Waals surface area contributed by atoms with Gasteiger partial charge in [0.25, 0.3) is 0 Å². The molecule has 4 rings (SSSR count). The number of imidazole rings is 1. The number of aryl methyl sites for hydroxylation is 2. The van der Waals surface area contributed by atoms with Gasteiger partial charge in [0.2, 0.25) is 5.91 Å². The van der Waals surface area contributed by atoms with Gasteiger partial charge >= 0.3 is 0 Å². The van der Waals surface area contributed by atoms with Crippen LogP contribution in [0.1, 0.15) is 22.6 Å². The fraction of sp³-hybridized carbons (Fsp3) is 0.222. The number of aromatic nitrogens is 5. The first-order valence-corrected chi connectivity index (χ1v) is 8.24. The first kappa shape index (κ1) is 16.1. The van der Waals surface area contributed by atoms with Crippen LogP contribution in [0, 0.1) is 13.8 Å². The molecule has 0 atom stereocenters. The number of nitrogens with one attached hydrogen (secondary N) is 2. The Morgan fingerprint density at radius 2 is 2.23 bits per heavy atom. The molecule has 26 heavy (non-hydrogen) atoms. The average Bonchev–Trinajstić information content (AvgIpc) is 3.32. The lowest BCUT2D eigenvalue weighted by Crippen LogP contribution is -2.14. The highest BCUT2D eigenvalue weighted by Gasteiger charge is 2.11. The van der Waals surface area contributed by atoms with Crippen molar-refractivity contribution in [2.45, 2.75) is 26.8 Å². The Morgan fingerprint density at radius 1 is 1.35 bits per heavy atom. The number of fused-ring (bicyclic) bond motifs is 1. The Kier molecular flexibility index (Phi) is 4.00. The van der Waals surface area contributed by atoms with E-state index in [1.807, 2.05) is 32.0 Å². The van der Waals surface area contributed by atoms with Crippen LogP contribution in [0.2, 0.25) is 0 Å². The number of rotatable bonds is 5. The Bertz CT molecular complexity index is 1050. The van der Waals surface area contributed by atoms with Crippen LogP contribution in [0.3, 0.4) is 0 Å². The van der Waals surface area contributed by atoms with E-state index in [1.54, 1.807) is 23.4 Å². The molecule has 0 fully saturated rings. The first-order chi connectivity index (χ1) is 12.6. The zero-order valence-corrected chi connectivity index (χ0v) is 14.5. The van der Waals surface area contributed by atoms with Gasteiger partial charge in [0, 0.05) is 11.8 Å². The molecule has 0 unspecified atom stereocenters. The number of carbonyl (C=O) groups is 1. The molecule has 1 amide bonds. The minimum Gasteiger partial charge on any atom is -0.361 e. The second-order valence-electron chi connectivity index (χ2n) is 6.21. The van der Waals surface area contributed by atoms with Crippen LogP contribution in [0.5, 0.6) is 0 Å². The lowest BCUT2D eigenvalue weighted by atomic mass is 10.1. The smallest absolute Gasteiger partial charge is 0.228 e. The van der Waals surface area contributed by atoms with E-state index in [9.17, 15) is 4.79 Å². The third-order valence-electron chi connectivity index (χ3n) is 4.27. The molecule has 8 heteroatoms. The summed E-state index contributed by atoms with van der Waals surface area (Å²) in [5.41, 5.74) is 5.22. The summed E-state index contributed by atoms with van der Waals surface area (Å²) in [5.74, 6) is 0.679. The van der Waals surface area contributed by atoms with E-state index >= 15 is 0 Å². The molecule has 3 aromatic heterocycles. The summed E-state index contributed by atoms with van der Waals surface area (Å²) in [7, 11) is 0. The molecule has 132 valence electrons. The van der Waals surface area contributed by atoms with E-state index in [0.29, 0.717) is 12.2 Å². The lowest BCUT2D eigenvalue weighted by Gasteiger charge is -2.03. The van der Waals surface area contributed by atoms with Crippen LogP contribution in [0.4, 0.5) is 5.69 Å². The maximum Gasteiger partial charge on any atom is 0.228 e. The quantitative estimate of drug-likeness (QED) is 0.576. The monoisotopic (exact) mass is 350 g/mol. The second kappa shape index (κ2) is 6.47. The zero-order chi connectivity index (χ0) is 18.1. The molecule has 0 aliphatic carbocycles. The van der Waals surface area contributed by atoms with Crippen molar-refractivity contribution in [3.63, 3.8) is 0 Å². The van der Waals surface area contributed by atoms with Crippen molar-refractivity contribution in [3.8, 4) is 0 Å². The van der Waals surface area contributed by atoms with Crippen molar-refractivity contribution in [1.29, 1.82) is 0 Å². The van der Waals surface area contributed by atoms with Crippen molar-refractivity contribution in [2.24, 2.45) is 0 Å². The predicted molar refractivity (Wildman–Crippen MR) is 95.7 cm³/mol. The van der Waals surface area contributed by atoms with Gasteiger partial charge in [-0.05, 0) is 31.5 Å². The summed E-state index contributed by atoms with van der Waals surface area (Å²) in [6.07, 6.45) is 5.35. The standard InChI is InChI=1S/C18H18N6O2/c1-11-15(12(2)26-23-11)9-24-8-14(7-21-24)22-18(25)6-13-3-4-16-17(5-13)20-10-19-16/h3-5,7-8,10H,6,9H2,1-2H3,(H,19,20)(H,22,25). The normalized spacial score (nSPS) is 11.2. The van der Waals surface area contributed by atoms with Gasteiger partial charge in [-0.15, -0.1) is 0 Å². The van der Waals surface area contributed by atoms with E-state index in [4.69, 9.17) is 4.52 Å². The molecular formula is C18H18N6O2. The molecule has 0 aliphatic heterocycles. The summed E-state index contributed by atoms with van der Waals surface area (Å²) in [6.45, 7) is 4.32. The molecule has 3 heterocycles. The predicted octanol–water partition coefficient (Wildman–Crippen LogP) is 2.59. The number of aromatic amines is 1. The molecule has 0 bridgehead atoms. The highest BCUT2D eigenvalue weighted by atomic mass is 16.5. The van der Waals surface area contributed by atoms with E-state index in [2.05, 4.69) is 25.5 Å². The van der Waals surface area contributed by atoms with Crippen LogP contribution in [0.25, 0.3) is 11.0 Å². The summed E-state index contributed by atoms with van der Waals surface area (Å²) in [5, 5.41) is 11.1. The summed E-state index contributed by atoms with van der Waals surface area (Å²) < 4.78 is 6.91. The molecule has 0 aliphatic rings. The van der Waals surface area contributed by atoms with Crippen molar-refractivity contribution in [1.82, 2.24) is 24.9 Å². The number of benzene rings is 1.